The lowest BCUT2D eigenvalue weighted by Gasteiger charge is -2.29. The van der Waals surface area contributed by atoms with Gasteiger partial charge in [-0.25, -0.2) is 0 Å². The molecule has 184 valence electrons. The minimum absolute atomic E-state index is 0.0387. The number of hydrogen-bond donors (Lipinski definition) is 2. The van der Waals surface area contributed by atoms with Gasteiger partial charge >= 0.3 is 6.36 Å². The van der Waals surface area contributed by atoms with Crippen molar-refractivity contribution in [2.45, 2.75) is 50.5 Å². The Morgan fingerprint density at radius 1 is 1.29 bits per heavy atom. The lowest BCUT2D eigenvalue weighted by molar-refractivity contribution is -0.151. The second-order valence-corrected chi connectivity index (χ2v) is 9.91. The molecule has 2 N–H and O–H groups in total. The average Bonchev–Trinajstić information content (AvgIpc) is 3.50. The molecule has 1 aliphatic carbocycles. The van der Waals surface area contributed by atoms with Crippen molar-refractivity contribution in [1.82, 2.24) is 15.5 Å². The Morgan fingerprint density at radius 3 is 2.76 bits per heavy atom. The van der Waals surface area contributed by atoms with Crippen LogP contribution in [0.2, 0.25) is 10.0 Å². The monoisotopic (exact) mass is 513 g/mol. The maximum absolute atomic E-state index is 14.9. The van der Waals surface area contributed by atoms with Crippen LogP contribution in [0.15, 0.2) is 18.2 Å². The Morgan fingerprint density at radius 2 is 2.09 bits per heavy atom. The van der Waals surface area contributed by atoms with E-state index in [4.69, 9.17) is 27.9 Å². The highest BCUT2D eigenvalue weighted by Gasteiger charge is 2.51. The maximum Gasteiger partial charge on any atom is 0.317 e. The molecule has 1 aromatic carbocycles. The van der Waals surface area contributed by atoms with Crippen LogP contribution in [0, 0.1) is 17.8 Å². The third kappa shape index (κ3) is 5.15. The number of amides is 3. The smallest absolute Gasteiger partial charge is 0.317 e. The standard InChI is InChI=1S/C23H26Cl2FN3O5/c24-14-4-5-18(17(25)9-14)34-20(26)23(33)29-10-13-2-1-3-16(13)19(29)22(32)28-15(11-30)8-12-6-7-27-21(12)31/h4-5,9,11-13,15-16,19-20H,1-3,6-8,10H2,(H,27,31)(H,28,32)/t12-,13-,15-,16+,19?,20?/m0/s1. The second-order valence-electron chi connectivity index (χ2n) is 9.06. The quantitative estimate of drug-likeness (QED) is 0.519. The van der Waals surface area contributed by atoms with Gasteiger partial charge in [-0.1, -0.05) is 29.6 Å². The molecular formula is C23H26Cl2FN3O5. The molecule has 1 aromatic rings. The van der Waals surface area contributed by atoms with Gasteiger partial charge in [-0.3, -0.25) is 14.4 Å². The predicted octanol–water partition coefficient (Wildman–Crippen LogP) is 2.50. The number of benzene rings is 1. The number of nitrogens with one attached hydrogen (secondary N) is 2. The number of halogens is 3. The highest BCUT2D eigenvalue weighted by atomic mass is 35.5. The average molecular weight is 514 g/mol. The third-order valence-electron chi connectivity index (χ3n) is 6.95. The molecule has 0 radical (unpaired) electrons. The largest absolute Gasteiger partial charge is 0.450 e. The Labute approximate surface area is 206 Å². The number of fused-ring (bicyclic) bond motifs is 1. The molecule has 8 nitrogen and oxygen atoms in total. The van der Waals surface area contributed by atoms with Crippen molar-refractivity contribution >= 4 is 47.2 Å². The summed E-state index contributed by atoms with van der Waals surface area (Å²) in [5.74, 6) is -2.09. The molecule has 2 heterocycles. The summed E-state index contributed by atoms with van der Waals surface area (Å²) < 4.78 is 20.1. The molecule has 34 heavy (non-hydrogen) atoms. The summed E-state index contributed by atoms with van der Waals surface area (Å²) in [7, 11) is 0. The van der Waals surface area contributed by atoms with E-state index in [2.05, 4.69) is 10.6 Å². The minimum atomic E-state index is -2.36. The summed E-state index contributed by atoms with van der Waals surface area (Å²) in [5.41, 5.74) is 0. The van der Waals surface area contributed by atoms with Crippen molar-refractivity contribution in [1.29, 1.82) is 0 Å². The van der Waals surface area contributed by atoms with E-state index in [0.717, 1.165) is 19.3 Å². The molecule has 0 spiro atoms. The van der Waals surface area contributed by atoms with Crippen LogP contribution >= 0.6 is 23.2 Å². The van der Waals surface area contributed by atoms with Crippen LogP contribution in [0.4, 0.5) is 4.39 Å². The Balaban J connectivity index is 1.46. The molecular weight excluding hydrogens is 488 g/mol. The topological polar surface area (TPSA) is 105 Å². The van der Waals surface area contributed by atoms with E-state index in [1.54, 1.807) is 0 Å². The van der Waals surface area contributed by atoms with Crippen molar-refractivity contribution in [2.75, 3.05) is 13.1 Å². The molecule has 6 atom stereocenters. The second kappa shape index (κ2) is 10.5. The number of rotatable bonds is 8. The van der Waals surface area contributed by atoms with Crippen LogP contribution in [0.5, 0.6) is 5.75 Å². The number of carbonyl (C=O) groups excluding carboxylic acids is 4. The van der Waals surface area contributed by atoms with E-state index in [-0.39, 0.29) is 47.4 Å². The van der Waals surface area contributed by atoms with Crippen LogP contribution in [0.1, 0.15) is 32.1 Å². The molecule has 0 bridgehead atoms. The molecule has 2 saturated heterocycles. The fraction of sp³-hybridized carbons (Fsp3) is 0.565. The first-order valence-electron chi connectivity index (χ1n) is 11.4. The van der Waals surface area contributed by atoms with Gasteiger partial charge in [0.25, 0.3) is 5.91 Å². The summed E-state index contributed by atoms with van der Waals surface area (Å²) in [6, 6.07) is 2.41. The van der Waals surface area contributed by atoms with Gasteiger partial charge < -0.3 is 25.1 Å². The molecule has 4 rings (SSSR count). The van der Waals surface area contributed by atoms with Crippen LogP contribution in [0.3, 0.4) is 0 Å². The number of nitrogens with zero attached hydrogens (tertiary/aromatic N) is 1. The van der Waals surface area contributed by atoms with E-state index in [0.29, 0.717) is 24.3 Å². The molecule has 2 aliphatic heterocycles. The lowest BCUT2D eigenvalue weighted by Crippen LogP contribution is -2.53. The molecule has 2 unspecified atom stereocenters. The number of likely N-dealkylation sites (tertiary alicyclic amines) is 1. The van der Waals surface area contributed by atoms with Crippen LogP contribution in [-0.4, -0.2) is 60.4 Å². The van der Waals surface area contributed by atoms with Gasteiger partial charge in [0.05, 0.1) is 11.1 Å². The first-order chi connectivity index (χ1) is 16.3. The number of aldehydes is 1. The van der Waals surface area contributed by atoms with Gasteiger partial charge in [0.15, 0.2) is 0 Å². The van der Waals surface area contributed by atoms with Crippen molar-refractivity contribution in [3.63, 3.8) is 0 Å². The van der Waals surface area contributed by atoms with Crippen LogP contribution in [0.25, 0.3) is 0 Å². The van der Waals surface area contributed by atoms with Crippen LogP contribution in [-0.2, 0) is 19.2 Å². The minimum Gasteiger partial charge on any atom is -0.450 e. The van der Waals surface area contributed by atoms with Gasteiger partial charge in [-0.2, -0.15) is 4.39 Å². The SMILES string of the molecule is O=C[C@H](C[C@@H]1CCNC1=O)NC(=O)C1[C@@H]2CCC[C@H]2CN1C(=O)C(F)Oc1ccc(Cl)cc1Cl. The summed E-state index contributed by atoms with van der Waals surface area (Å²) in [5, 5.41) is 5.78. The van der Waals surface area contributed by atoms with Crippen molar-refractivity contribution in [2.24, 2.45) is 17.8 Å². The van der Waals surface area contributed by atoms with E-state index in [1.807, 2.05) is 0 Å². The summed E-state index contributed by atoms with van der Waals surface area (Å²) >= 11 is 11.9. The van der Waals surface area contributed by atoms with Gasteiger partial charge in [0.2, 0.25) is 11.8 Å². The zero-order chi connectivity index (χ0) is 24.4. The summed E-state index contributed by atoms with van der Waals surface area (Å²) in [6.07, 6.45) is 1.47. The Bertz CT molecular complexity index is 980. The highest BCUT2D eigenvalue weighted by Crippen LogP contribution is 2.43. The molecule has 3 aliphatic rings. The maximum atomic E-state index is 14.9. The number of hydrogen-bond acceptors (Lipinski definition) is 5. The van der Waals surface area contributed by atoms with Crippen molar-refractivity contribution in [3.05, 3.63) is 28.2 Å². The van der Waals surface area contributed by atoms with E-state index in [1.165, 1.54) is 23.1 Å². The Hall–Kier alpha value is -2.39. The predicted molar refractivity (Wildman–Crippen MR) is 122 cm³/mol. The van der Waals surface area contributed by atoms with Crippen molar-refractivity contribution < 1.29 is 28.3 Å². The van der Waals surface area contributed by atoms with Gasteiger partial charge in [-0.05, 0) is 55.7 Å². The van der Waals surface area contributed by atoms with E-state index in [9.17, 15) is 23.6 Å². The fourth-order valence-electron chi connectivity index (χ4n) is 5.32. The molecule has 3 amide bonds. The first-order valence-corrected chi connectivity index (χ1v) is 12.1. The first kappa shape index (κ1) is 24.7. The zero-order valence-corrected chi connectivity index (χ0v) is 19.9. The summed E-state index contributed by atoms with van der Waals surface area (Å²) in [4.78, 5) is 50.9. The van der Waals surface area contributed by atoms with Crippen LogP contribution < -0.4 is 15.4 Å². The molecule has 3 fully saturated rings. The normalized spacial score (nSPS) is 27.6. The molecule has 1 saturated carbocycles. The van der Waals surface area contributed by atoms with Gasteiger partial charge in [0.1, 0.15) is 18.1 Å². The van der Waals surface area contributed by atoms with Gasteiger partial charge in [0, 0.05) is 24.0 Å². The fourth-order valence-corrected chi connectivity index (χ4v) is 5.78. The van der Waals surface area contributed by atoms with Crippen molar-refractivity contribution in [3.8, 4) is 5.75 Å². The highest BCUT2D eigenvalue weighted by molar-refractivity contribution is 6.35. The molecule has 0 aromatic heterocycles. The lowest BCUT2D eigenvalue weighted by atomic mass is 9.92. The van der Waals surface area contributed by atoms with Gasteiger partial charge in [-0.15, -0.1) is 0 Å². The van der Waals surface area contributed by atoms with E-state index >= 15 is 0 Å². The Kier molecular flexibility index (Phi) is 7.62. The number of alkyl halides is 1. The van der Waals surface area contributed by atoms with E-state index < -0.39 is 30.3 Å². The number of ether oxygens (including phenoxy) is 1. The molecule has 11 heteroatoms. The summed E-state index contributed by atoms with van der Waals surface area (Å²) in [6.45, 7) is 0.768. The zero-order valence-electron chi connectivity index (χ0n) is 18.3. The number of carbonyl (C=O) groups is 4. The third-order valence-corrected chi connectivity index (χ3v) is 7.48.